The molecular weight excluding hydrogens is 219 g/mol. The van der Waals surface area contributed by atoms with Gasteiger partial charge in [-0.1, -0.05) is 19.8 Å². The molecule has 88 valence electrons. The Labute approximate surface area is 94.4 Å². The summed E-state index contributed by atoms with van der Waals surface area (Å²) in [5, 5.41) is 4.48. The van der Waals surface area contributed by atoms with Crippen molar-refractivity contribution >= 4 is 24.7 Å². The summed E-state index contributed by atoms with van der Waals surface area (Å²) in [5.74, 6) is -0.318. The van der Waals surface area contributed by atoms with Gasteiger partial charge in [-0.25, -0.2) is 4.79 Å². The van der Waals surface area contributed by atoms with Crippen LogP contribution < -0.4 is 10.6 Å². The number of carbonyl (C=O) groups excluding carboxylic acids is 2. The summed E-state index contributed by atoms with van der Waals surface area (Å²) in [6.45, 7) is 2.60. The smallest absolute Gasteiger partial charge is 0.354 e. The summed E-state index contributed by atoms with van der Waals surface area (Å²) < 4.78 is 12.0. The van der Waals surface area contributed by atoms with E-state index in [9.17, 15) is 14.0 Å². The predicted molar refractivity (Wildman–Crippen MR) is 59.8 cm³/mol. The van der Waals surface area contributed by atoms with Crippen molar-refractivity contribution in [3.8, 4) is 0 Å². The van der Waals surface area contributed by atoms with E-state index in [2.05, 4.69) is 24.9 Å². The maximum absolute atomic E-state index is 12.0. The molecule has 0 aromatic heterocycles. The molecule has 0 bridgehead atoms. The van der Waals surface area contributed by atoms with Crippen LogP contribution in [0.5, 0.6) is 0 Å². The number of nitrogens with one attached hydrogen (secondary N) is 2. The van der Waals surface area contributed by atoms with E-state index in [-0.39, 0.29) is 5.75 Å². The Morgan fingerprint density at radius 3 is 2.53 bits per heavy atom. The van der Waals surface area contributed by atoms with E-state index >= 15 is 0 Å². The lowest BCUT2D eigenvalue weighted by atomic mass is 10.2. The largest absolute Gasteiger partial charge is 0.398 e. The summed E-state index contributed by atoms with van der Waals surface area (Å²) in [6.07, 6.45) is 1.26. The summed E-state index contributed by atoms with van der Waals surface area (Å²) in [5.41, 5.74) is 0. The van der Waals surface area contributed by atoms with Crippen LogP contribution in [0.25, 0.3) is 0 Å². The molecule has 0 aliphatic heterocycles. The van der Waals surface area contributed by atoms with E-state index < -0.39 is 18.1 Å². The number of halogens is 1. The second-order valence-corrected chi connectivity index (χ2v) is 3.52. The van der Waals surface area contributed by atoms with Gasteiger partial charge in [0.1, 0.15) is 6.04 Å². The van der Waals surface area contributed by atoms with Crippen LogP contribution in [0.15, 0.2) is 0 Å². The second-order valence-electron chi connectivity index (χ2n) is 3.15. The van der Waals surface area contributed by atoms with Crippen molar-refractivity contribution in [1.29, 1.82) is 0 Å². The molecule has 0 aromatic rings. The van der Waals surface area contributed by atoms with Crippen LogP contribution in [0.2, 0.25) is 0 Å². The molecular formula is C9H17FN2O2S. The van der Waals surface area contributed by atoms with Gasteiger partial charge in [0.2, 0.25) is 5.91 Å². The fraction of sp³-hybridized carbons (Fsp3) is 0.778. The van der Waals surface area contributed by atoms with Gasteiger partial charge in [-0.15, -0.1) is 4.39 Å². The summed E-state index contributed by atoms with van der Waals surface area (Å²) in [6, 6.07) is -0.896. The number of amides is 2. The first kappa shape index (κ1) is 14.2. The van der Waals surface area contributed by atoms with Gasteiger partial charge in [0.15, 0.2) is 0 Å². The maximum Gasteiger partial charge on any atom is 0.398 e. The van der Waals surface area contributed by atoms with Crippen molar-refractivity contribution < 1.29 is 14.0 Å². The summed E-state index contributed by atoms with van der Waals surface area (Å²) >= 11 is 3.85. The lowest BCUT2D eigenvalue weighted by Crippen LogP contribution is -2.46. The third-order valence-corrected chi connectivity index (χ3v) is 2.23. The fourth-order valence-electron chi connectivity index (χ4n) is 1.04. The third-order valence-electron chi connectivity index (χ3n) is 1.87. The molecule has 0 rings (SSSR count). The molecule has 1 unspecified atom stereocenters. The van der Waals surface area contributed by atoms with Crippen LogP contribution in [0.1, 0.15) is 26.2 Å². The molecule has 0 saturated carbocycles. The second kappa shape index (κ2) is 8.52. The lowest BCUT2D eigenvalue weighted by molar-refractivity contribution is -0.122. The molecule has 0 aliphatic carbocycles. The third kappa shape index (κ3) is 7.18. The first-order chi connectivity index (χ1) is 7.11. The number of hydrogen-bond acceptors (Lipinski definition) is 3. The van der Waals surface area contributed by atoms with Crippen LogP contribution in [0.3, 0.4) is 0 Å². The van der Waals surface area contributed by atoms with Gasteiger partial charge >= 0.3 is 6.16 Å². The molecule has 0 spiro atoms. The highest BCUT2D eigenvalue weighted by Gasteiger charge is 2.18. The van der Waals surface area contributed by atoms with Gasteiger partial charge in [0, 0.05) is 12.3 Å². The van der Waals surface area contributed by atoms with Gasteiger partial charge in [-0.2, -0.15) is 12.6 Å². The predicted octanol–water partition coefficient (Wildman–Crippen LogP) is 1.27. The zero-order valence-electron chi connectivity index (χ0n) is 8.75. The van der Waals surface area contributed by atoms with E-state index in [1.54, 1.807) is 0 Å². The summed E-state index contributed by atoms with van der Waals surface area (Å²) in [7, 11) is 0. The molecule has 0 saturated heterocycles. The topological polar surface area (TPSA) is 58.2 Å². The molecule has 0 fully saturated rings. The van der Waals surface area contributed by atoms with Gasteiger partial charge in [0.25, 0.3) is 0 Å². The molecule has 0 radical (unpaired) electrons. The molecule has 0 aliphatic rings. The SMILES string of the molecule is CCCCCNC(=O)C(CS)NC(=O)F. The van der Waals surface area contributed by atoms with Gasteiger partial charge < -0.3 is 10.6 Å². The van der Waals surface area contributed by atoms with Crippen molar-refractivity contribution in [2.75, 3.05) is 12.3 Å². The number of rotatable bonds is 7. The average Bonchev–Trinajstić information content (AvgIpc) is 2.20. The van der Waals surface area contributed by atoms with E-state index in [0.717, 1.165) is 19.3 Å². The molecule has 15 heavy (non-hydrogen) atoms. The first-order valence-electron chi connectivity index (χ1n) is 4.96. The van der Waals surface area contributed by atoms with Gasteiger partial charge in [-0.05, 0) is 6.42 Å². The highest BCUT2D eigenvalue weighted by molar-refractivity contribution is 7.80. The Morgan fingerprint density at radius 2 is 2.07 bits per heavy atom. The minimum Gasteiger partial charge on any atom is -0.354 e. The highest BCUT2D eigenvalue weighted by atomic mass is 32.1. The zero-order chi connectivity index (χ0) is 11.7. The van der Waals surface area contributed by atoms with Crippen LogP contribution in [-0.2, 0) is 4.79 Å². The quantitative estimate of drug-likeness (QED) is 0.270. The Hall–Kier alpha value is -0.780. The standard InChI is InChI=1S/C9H17FN2O2S/c1-2-3-4-5-11-8(13)7(6-15)12-9(10)14/h7,15H,2-6H2,1H3,(H,11,13)(H,12,14). The summed E-state index contributed by atoms with van der Waals surface area (Å²) in [4.78, 5) is 21.4. The Morgan fingerprint density at radius 1 is 1.40 bits per heavy atom. The molecule has 0 aromatic carbocycles. The normalized spacial score (nSPS) is 11.9. The van der Waals surface area contributed by atoms with E-state index in [4.69, 9.17) is 0 Å². The molecule has 2 N–H and O–H groups in total. The lowest BCUT2D eigenvalue weighted by Gasteiger charge is -2.13. The van der Waals surface area contributed by atoms with Gasteiger partial charge in [-0.3, -0.25) is 4.79 Å². The highest BCUT2D eigenvalue weighted by Crippen LogP contribution is 1.93. The van der Waals surface area contributed by atoms with Crippen molar-refractivity contribution in [2.24, 2.45) is 0 Å². The maximum atomic E-state index is 12.0. The van der Waals surface area contributed by atoms with Crippen molar-refractivity contribution in [3.05, 3.63) is 0 Å². The van der Waals surface area contributed by atoms with Crippen LogP contribution in [0.4, 0.5) is 9.18 Å². The van der Waals surface area contributed by atoms with Crippen LogP contribution in [-0.4, -0.2) is 30.4 Å². The number of thiol groups is 1. The molecule has 6 heteroatoms. The monoisotopic (exact) mass is 236 g/mol. The number of carbonyl (C=O) groups is 2. The Kier molecular flexibility index (Phi) is 8.08. The molecule has 1 atom stereocenters. The van der Waals surface area contributed by atoms with E-state index in [1.807, 2.05) is 5.32 Å². The Bertz CT molecular complexity index is 214. The van der Waals surface area contributed by atoms with E-state index in [0.29, 0.717) is 6.54 Å². The minimum atomic E-state index is -1.71. The number of unbranched alkanes of at least 4 members (excludes halogenated alkanes) is 2. The van der Waals surface area contributed by atoms with Crippen molar-refractivity contribution in [1.82, 2.24) is 10.6 Å². The fourth-order valence-corrected chi connectivity index (χ4v) is 1.30. The zero-order valence-corrected chi connectivity index (χ0v) is 9.65. The number of hydrogen-bond donors (Lipinski definition) is 3. The first-order valence-corrected chi connectivity index (χ1v) is 5.59. The molecule has 2 amide bonds. The van der Waals surface area contributed by atoms with Crippen molar-refractivity contribution in [2.45, 2.75) is 32.2 Å². The Balaban J connectivity index is 3.78. The van der Waals surface area contributed by atoms with Crippen LogP contribution in [0, 0.1) is 0 Å². The van der Waals surface area contributed by atoms with Gasteiger partial charge in [0.05, 0.1) is 0 Å². The minimum absolute atomic E-state index is 0.0786. The molecule has 0 heterocycles. The average molecular weight is 236 g/mol. The molecule has 4 nitrogen and oxygen atoms in total. The van der Waals surface area contributed by atoms with Crippen molar-refractivity contribution in [3.63, 3.8) is 0 Å². The van der Waals surface area contributed by atoms with Crippen LogP contribution >= 0.6 is 12.6 Å². The van der Waals surface area contributed by atoms with E-state index in [1.165, 1.54) is 0 Å².